The summed E-state index contributed by atoms with van der Waals surface area (Å²) in [5, 5.41) is 13.0. The molecule has 3 nitrogen and oxygen atoms in total. The quantitative estimate of drug-likeness (QED) is 0.779. The van der Waals surface area contributed by atoms with Crippen LogP contribution in [-0.2, 0) is 6.61 Å². The molecule has 1 aromatic heterocycles. The van der Waals surface area contributed by atoms with E-state index in [-0.39, 0.29) is 0 Å². The molecule has 1 unspecified atom stereocenters. The smallest absolute Gasteiger partial charge is 0.134 e. The van der Waals surface area contributed by atoms with Crippen LogP contribution in [0.2, 0.25) is 0 Å². The van der Waals surface area contributed by atoms with Crippen molar-refractivity contribution < 1.29 is 9.84 Å². The molecule has 0 radical (unpaired) electrons. The first kappa shape index (κ1) is 13.8. The van der Waals surface area contributed by atoms with Crippen molar-refractivity contribution in [3.05, 3.63) is 82.3 Å². The Balaban J connectivity index is 1.80. The maximum atomic E-state index is 10.4. The molecule has 1 heterocycles. The molecule has 3 rings (SSSR count). The normalized spacial score (nSPS) is 12.0. The second kappa shape index (κ2) is 6.52. The van der Waals surface area contributed by atoms with Gasteiger partial charge >= 0.3 is 0 Å². The van der Waals surface area contributed by atoms with E-state index in [2.05, 4.69) is 4.98 Å². The predicted octanol–water partition coefficient (Wildman–Crippen LogP) is 3.80. The second-order valence-corrected chi connectivity index (χ2v) is 5.51. The molecule has 1 N–H and O–H groups in total. The molecule has 0 saturated carbocycles. The highest BCUT2D eigenvalue weighted by atomic mass is 32.1. The van der Waals surface area contributed by atoms with Gasteiger partial charge in [-0.15, -0.1) is 11.3 Å². The van der Waals surface area contributed by atoms with E-state index >= 15 is 0 Å². The van der Waals surface area contributed by atoms with Gasteiger partial charge in [0.15, 0.2) is 0 Å². The maximum absolute atomic E-state index is 10.4. The van der Waals surface area contributed by atoms with Gasteiger partial charge in [-0.25, -0.2) is 4.98 Å². The number of aromatic nitrogens is 1. The van der Waals surface area contributed by atoms with Crippen LogP contribution in [0.25, 0.3) is 0 Å². The standard InChI is InChI=1S/C17H15NO2S/c19-16(17-18-10-11-21-17)14-8-4-5-9-15(14)20-12-13-6-2-1-3-7-13/h1-11,16,19H,12H2. The number of nitrogens with zero attached hydrogens (tertiary/aromatic N) is 1. The SMILES string of the molecule is OC(c1nccs1)c1ccccc1OCc1ccccc1. The van der Waals surface area contributed by atoms with E-state index in [9.17, 15) is 5.11 Å². The molecule has 0 aliphatic rings. The van der Waals surface area contributed by atoms with Crippen LogP contribution in [0.15, 0.2) is 66.2 Å². The van der Waals surface area contributed by atoms with Crippen molar-refractivity contribution in [1.29, 1.82) is 0 Å². The second-order valence-electron chi connectivity index (χ2n) is 4.58. The number of para-hydroxylation sites is 1. The molecule has 106 valence electrons. The Hall–Kier alpha value is -2.17. The van der Waals surface area contributed by atoms with Crippen molar-refractivity contribution in [1.82, 2.24) is 4.98 Å². The summed E-state index contributed by atoms with van der Waals surface area (Å²) in [6.07, 6.45) is 0.938. The van der Waals surface area contributed by atoms with Crippen LogP contribution in [0.4, 0.5) is 0 Å². The van der Waals surface area contributed by atoms with Gasteiger partial charge in [-0.3, -0.25) is 0 Å². The third-order valence-electron chi connectivity index (χ3n) is 3.14. The first-order valence-electron chi connectivity index (χ1n) is 6.67. The summed E-state index contributed by atoms with van der Waals surface area (Å²) < 4.78 is 5.86. The van der Waals surface area contributed by atoms with Crippen LogP contribution in [0.3, 0.4) is 0 Å². The molecule has 1 atom stereocenters. The third kappa shape index (κ3) is 3.29. The predicted molar refractivity (Wildman–Crippen MR) is 83.4 cm³/mol. The first-order valence-corrected chi connectivity index (χ1v) is 7.55. The first-order chi connectivity index (χ1) is 10.3. The number of hydrogen-bond donors (Lipinski definition) is 1. The Morgan fingerprint density at radius 3 is 2.57 bits per heavy atom. The van der Waals surface area contributed by atoms with Crippen LogP contribution in [0.1, 0.15) is 22.2 Å². The van der Waals surface area contributed by atoms with Gasteiger partial charge in [0.05, 0.1) is 0 Å². The molecule has 0 spiro atoms. The van der Waals surface area contributed by atoms with E-state index in [1.807, 2.05) is 60.0 Å². The summed E-state index contributed by atoms with van der Waals surface area (Å²) in [5.74, 6) is 0.684. The van der Waals surface area contributed by atoms with Crippen molar-refractivity contribution >= 4 is 11.3 Å². The largest absolute Gasteiger partial charge is 0.489 e. The van der Waals surface area contributed by atoms with Crippen LogP contribution < -0.4 is 4.74 Å². The van der Waals surface area contributed by atoms with Crippen molar-refractivity contribution in [2.45, 2.75) is 12.7 Å². The Bertz CT molecular complexity index is 683. The molecule has 0 saturated heterocycles. The Morgan fingerprint density at radius 1 is 1.05 bits per heavy atom. The molecule has 0 aliphatic carbocycles. The van der Waals surface area contributed by atoms with Gasteiger partial charge in [-0.2, -0.15) is 0 Å². The Kier molecular flexibility index (Phi) is 4.28. The summed E-state index contributed by atoms with van der Waals surface area (Å²) in [4.78, 5) is 4.16. The lowest BCUT2D eigenvalue weighted by atomic mass is 10.1. The summed E-state index contributed by atoms with van der Waals surface area (Å²) in [6.45, 7) is 0.475. The zero-order chi connectivity index (χ0) is 14.5. The number of aliphatic hydroxyl groups is 1. The van der Waals surface area contributed by atoms with Gasteiger partial charge in [0.25, 0.3) is 0 Å². The fourth-order valence-corrected chi connectivity index (χ4v) is 2.71. The molecular weight excluding hydrogens is 282 g/mol. The van der Waals surface area contributed by atoms with Crippen LogP contribution in [0.5, 0.6) is 5.75 Å². The van der Waals surface area contributed by atoms with Gasteiger partial charge in [-0.05, 0) is 11.6 Å². The topological polar surface area (TPSA) is 42.4 Å². The van der Waals surface area contributed by atoms with Crippen LogP contribution in [-0.4, -0.2) is 10.1 Å². The number of benzene rings is 2. The highest BCUT2D eigenvalue weighted by Gasteiger charge is 2.17. The summed E-state index contributed by atoms with van der Waals surface area (Å²) in [6, 6.07) is 17.5. The molecule has 2 aromatic carbocycles. The van der Waals surface area contributed by atoms with E-state index in [4.69, 9.17) is 4.74 Å². The Morgan fingerprint density at radius 2 is 1.81 bits per heavy atom. The number of ether oxygens (including phenoxy) is 1. The molecule has 0 amide bonds. The minimum absolute atomic E-state index is 0.475. The van der Waals surface area contributed by atoms with E-state index in [1.54, 1.807) is 6.20 Å². The minimum Gasteiger partial charge on any atom is -0.489 e. The number of aliphatic hydroxyl groups excluding tert-OH is 1. The summed E-state index contributed by atoms with van der Waals surface area (Å²) in [7, 11) is 0. The van der Waals surface area contributed by atoms with Crippen molar-refractivity contribution in [2.24, 2.45) is 0 Å². The number of thiazole rings is 1. The van der Waals surface area contributed by atoms with E-state index < -0.39 is 6.10 Å². The van der Waals surface area contributed by atoms with Crippen LogP contribution >= 0.6 is 11.3 Å². The molecule has 0 aliphatic heterocycles. The number of hydrogen-bond acceptors (Lipinski definition) is 4. The molecule has 3 aromatic rings. The molecule has 21 heavy (non-hydrogen) atoms. The fourth-order valence-electron chi connectivity index (χ4n) is 2.08. The van der Waals surface area contributed by atoms with E-state index in [1.165, 1.54) is 11.3 Å². The Labute approximate surface area is 127 Å². The zero-order valence-electron chi connectivity index (χ0n) is 11.3. The lowest BCUT2D eigenvalue weighted by Gasteiger charge is -2.14. The third-order valence-corrected chi connectivity index (χ3v) is 3.96. The highest BCUT2D eigenvalue weighted by molar-refractivity contribution is 7.09. The van der Waals surface area contributed by atoms with Gasteiger partial charge < -0.3 is 9.84 Å². The van der Waals surface area contributed by atoms with Gasteiger partial charge in [0.2, 0.25) is 0 Å². The van der Waals surface area contributed by atoms with E-state index in [0.29, 0.717) is 17.4 Å². The lowest BCUT2D eigenvalue weighted by molar-refractivity contribution is 0.208. The lowest BCUT2D eigenvalue weighted by Crippen LogP contribution is -2.04. The molecule has 0 fully saturated rings. The van der Waals surface area contributed by atoms with Gasteiger partial charge in [0, 0.05) is 17.1 Å². The van der Waals surface area contributed by atoms with Crippen molar-refractivity contribution in [3.8, 4) is 5.75 Å². The average molecular weight is 297 g/mol. The minimum atomic E-state index is -0.753. The van der Waals surface area contributed by atoms with E-state index in [0.717, 1.165) is 11.1 Å². The maximum Gasteiger partial charge on any atom is 0.134 e. The average Bonchev–Trinajstić information content (AvgIpc) is 3.08. The fraction of sp³-hybridized carbons (Fsp3) is 0.118. The van der Waals surface area contributed by atoms with Crippen LogP contribution in [0, 0.1) is 0 Å². The summed E-state index contributed by atoms with van der Waals surface area (Å²) >= 11 is 1.43. The van der Waals surface area contributed by atoms with Gasteiger partial charge in [0.1, 0.15) is 23.5 Å². The number of rotatable bonds is 5. The molecule has 0 bridgehead atoms. The summed E-state index contributed by atoms with van der Waals surface area (Å²) in [5.41, 5.74) is 1.83. The zero-order valence-corrected chi connectivity index (χ0v) is 12.2. The van der Waals surface area contributed by atoms with Gasteiger partial charge in [-0.1, -0.05) is 48.5 Å². The molecule has 4 heteroatoms. The van der Waals surface area contributed by atoms with Crippen molar-refractivity contribution in [3.63, 3.8) is 0 Å². The highest BCUT2D eigenvalue weighted by Crippen LogP contribution is 2.31. The van der Waals surface area contributed by atoms with Crippen molar-refractivity contribution in [2.75, 3.05) is 0 Å². The monoisotopic (exact) mass is 297 g/mol. The molecular formula is C17H15NO2S.